The third-order valence-electron chi connectivity index (χ3n) is 12.0. The van der Waals surface area contributed by atoms with Gasteiger partial charge in [-0.3, -0.25) is 0 Å². The van der Waals surface area contributed by atoms with E-state index in [9.17, 15) is 0 Å². The van der Waals surface area contributed by atoms with Crippen molar-refractivity contribution in [1.29, 1.82) is 0 Å². The molecule has 0 bridgehead atoms. The number of ether oxygens (including phenoxy) is 2. The van der Waals surface area contributed by atoms with Crippen LogP contribution in [0.25, 0.3) is 34.0 Å². The normalized spacial score (nSPS) is 14.7. The second kappa shape index (κ2) is 18.6. The van der Waals surface area contributed by atoms with Crippen LogP contribution in [0, 0.1) is 0 Å². The molecule has 6 aromatic rings. The molecule has 0 unspecified atom stereocenters. The number of rotatable bonds is 14. The van der Waals surface area contributed by atoms with E-state index in [-0.39, 0.29) is 0 Å². The Balaban J connectivity index is 0.874. The summed E-state index contributed by atoms with van der Waals surface area (Å²) in [5, 5.41) is 2.48. The first-order valence-electron chi connectivity index (χ1n) is 21.4. The minimum Gasteiger partial charge on any atom is -0.439 e. The smallest absolute Gasteiger partial charge is 0.213 e. The molecule has 0 atom stereocenters. The zero-order chi connectivity index (χ0) is 42.3. The summed E-state index contributed by atoms with van der Waals surface area (Å²) in [7, 11) is 12.9. The lowest BCUT2D eigenvalue weighted by Crippen LogP contribution is -2.36. The maximum absolute atomic E-state index is 6.08. The van der Waals surface area contributed by atoms with Crippen LogP contribution in [0.5, 0.6) is 11.5 Å². The third-order valence-corrected chi connectivity index (χ3v) is 12.0. The topological polar surface area (TPSA) is 38.7 Å². The molecular weight excluding hydrogens is 753 g/mol. The fourth-order valence-electron chi connectivity index (χ4n) is 8.44. The SMILES string of the molecule is CN1C(=CC=Cc2cc[n+](CCC(CCCC(CC[n+]3ccc(C=CC=C4Oc5ccccc5N4C)c4ccccc43)=[N+](C)C)=[N+](C)C)c3ccccc23)Oc2ccccc21. The summed E-state index contributed by atoms with van der Waals surface area (Å²) in [5.41, 5.74) is 9.97. The maximum Gasteiger partial charge on any atom is 0.213 e. The number of aryl methyl sites for hydroxylation is 2. The molecule has 2 aliphatic rings. The molecule has 0 radical (unpaired) electrons. The van der Waals surface area contributed by atoms with Gasteiger partial charge in [-0.25, -0.2) is 9.15 Å². The van der Waals surface area contributed by atoms with E-state index >= 15 is 0 Å². The number of fused-ring (bicyclic) bond motifs is 4. The quantitative estimate of drug-likeness (QED) is 0.0813. The molecule has 4 aromatic carbocycles. The van der Waals surface area contributed by atoms with Crippen LogP contribution in [0.3, 0.4) is 0 Å². The first-order valence-corrected chi connectivity index (χ1v) is 21.4. The maximum atomic E-state index is 6.08. The largest absolute Gasteiger partial charge is 0.439 e. The molecular formula is C53H58N6O2+4. The minimum atomic E-state index is 0.821. The van der Waals surface area contributed by atoms with Crippen LogP contribution >= 0.6 is 0 Å². The van der Waals surface area contributed by atoms with Gasteiger partial charge in [-0.15, -0.1) is 0 Å². The standard InChI is InChI=1S/C53H58N6O2/c1-54(2)42(34-38-58-36-32-40(44-22-7-9-24-46(44)58)18-15-30-52-56(5)48-26-11-13-28-50(48)60-52)20-17-21-43(55(3)4)35-39-59-37-33-41(45-23-8-10-25-47(45)59)19-16-31-53-57(6)49-27-12-14-29-51(49)61-53/h7-16,18-19,22-33,36-37H,17,20-21,34-35,38-39H2,1-6H3/q+4. The van der Waals surface area contributed by atoms with Crippen molar-refractivity contribution >= 4 is 56.8 Å². The van der Waals surface area contributed by atoms with E-state index in [1.807, 2.05) is 62.6 Å². The average Bonchev–Trinajstić information content (AvgIpc) is 3.77. The van der Waals surface area contributed by atoms with Crippen LogP contribution in [0.1, 0.15) is 43.2 Å². The van der Waals surface area contributed by atoms with Crippen molar-refractivity contribution in [2.24, 2.45) is 0 Å². The molecule has 0 fully saturated rings. The number of para-hydroxylation sites is 6. The molecule has 308 valence electrons. The van der Waals surface area contributed by atoms with Gasteiger partial charge in [0.25, 0.3) is 0 Å². The van der Waals surface area contributed by atoms with Crippen molar-refractivity contribution in [3.05, 3.63) is 169 Å². The Hall–Kier alpha value is -6.80. The van der Waals surface area contributed by atoms with Gasteiger partial charge in [0, 0.05) is 51.2 Å². The van der Waals surface area contributed by atoms with E-state index in [1.165, 1.54) is 44.4 Å². The molecule has 0 saturated heterocycles. The van der Waals surface area contributed by atoms with Crippen molar-refractivity contribution in [3.8, 4) is 11.5 Å². The molecule has 8 heteroatoms. The fraction of sp³-hybridized carbons (Fsp3) is 0.245. The Morgan fingerprint density at radius 2 is 0.934 bits per heavy atom. The first-order chi connectivity index (χ1) is 29.7. The zero-order valence-corrected chi connectivity index (χ0v) is 36.5. The monoisotopic (exact) mass is 810 g/mol. The van der Waals surface area contributed by atoms with E-state index < -0.39 is 0 Å². The highest BCUT2D eigenvalue weighted by molar-refractivity contribution is 5.87. The van der Waals surface area contributed by atoms with Gasteiger partial charge in [-0.1, -0.05) is 72.8 Å². The number of allylic oxidation sites excluding steroid dienone is 4. The van der Waals surface area contributed by atoms with Gasteiger partial charge in [0.15, 0.2) is 60.2 Å². The minimum absolute atomic E-state index is 0.821. The Kier molecular flexibility index (Phi) is 12.5. The summed E-state index contributed by atoms with van der Waals surface area (Å²) < 4.78 is 21.6. The summed E-state index contributed by atoms with van der Waals surface area (Å²) >= 11 is 0. The van der Waals surface area contributed by atoms with E-state index in [0.717, 1.165) is 79.8 Å². The summed E-state index contributed by atoms with van der Waals surface area (Å²) in [6, 6.07) is 38.2. The summed E-state index contributed by atoms with van der Waals surface area (Å²) in [5.74, 6) is 3.42. The molecule has 0 aliphatic carbocycles. The number of pyridine rings is 2. The second-order valence-corrected chi connectivity index (χ2v) is 16.2. The highest BCUT2D eigenvalue weighted by Crippen LogP contribution is 2.38. The van der Waals surface area contributed by atoms with Crippen LogP contribution in [-0.2, 0) is 13.1 Å². The number of nitrogens with zero attached hydrogens (tertiary/aromatic N) is 6. The van der Waals surface area contributed by atoms with Gasteiger partial charge in [0.05, 0.1) is 35.0 Å². The summed E-state index contributed by atoms with van der Waals surface area (Å²) in [4.78, 5) is 4.17. The van der Waals surface area contributed by atoms with Crippen LogP contribution in [0.15, 0.2) is 158 Å². The molecule has 0 amide bonds. The van der Waals surface area contributed by atoms with Gasteiger partial charge >= 0.3 is 0 Å². The zero-order valence-electron chi connectivity index (χ0n) is 36.5. The van der Waals surface area contributed by atoms with Crippen molar-refractivity contribution in [2.75, 3.05) is 52.1 Å². The van der Waals surface area contributed by atoms with Crippen molar-refractivity contribution in [1.82, 2.24) is 0 Å². The van der Waals surface area contributed by atoms with E-state index in [1.54, 1.807) is 0 Å². The Bertz CT molecular complexity index is 2580. The number of benzene rings is 4. The molecule has 2 aliphatic heterocycles. The van der Waals surface area contributed by atoms with Crippen molar-refractivity contribution < 1.29 is 27.8 Å². The van der Waals surface area contributed by atoms with Crippen LogP contribution in [0.4, 0.5) is 11.4 Å². The number of anilines is 2. The van der Waals surface area contributed by atoms with Crippen LogP contribution in [-0.4, -0.2) is 62.9 Å². The van der Waals surface area contributed by atoms with E-state index in [2.05, 4.69) is 166 Å². The Labute approximate surface area is 360 Å². The van der Waals surface area contributed by atoms with Crippen LogP contribution in [0.2, 0.25) is 0 Å². The number of aromatic nitrogens is 2. The van der Waals surface area contributed by atoms with Crippen molar-refractivity contribution in [2.45, 2.75) is 45.2 Å². The Morgan fingerprint density at radius 3 is 1.36 bits per heavy atom. The molecule has 8 nitrogen and oxygen atoms in total. The lowest BCUT2D eigenvalue weighted by Gasteiger charge is -2.09. The van der Waals surface area contributed by atoms with Crippen molar-refractivity contribution in [3.63, 3.8) is 0 Å². The lowest BCUT2D eigenvalue weighted by atomic mass is 10.0. The fourth-order valence-corrected chi connectivity index (χ4v) is 8.44. The van der Waals surface area contributed by atoms with E-state index in [4.69, 9.17) is 9.47 Å². The second-order valence-electron chi connectivity index (χ2n) is 16.2. The molecule has 8 rings (SSSR count). The molecule has 0 N–H and O–H groups in total. The van der Waals surface area contributed by atoms with Gasteiger partial charge in [-0.2, -0.15) is 9.13 Å². The molecule has 0 saturated carbocycles. The molecule has 2 aromatic heterocycles. The summed E-state index contributed by atoms with van der Waals surface area (Å²) in [6.07, 6.45) is 22.3. The molecule has 0 spiro atoms. The number of hydrogen-bond acceptors (Lipinski definition) is 4. The predicted octanol–water partition coefficient (Wildman–Crippen LogP) is 9.41. The average molecular weight is 811 g/mol. The number of hydrogen-bond donors (Lipinski definition) is 0. The van der Waals surface area contributed by atoms with E-state index in [0.29, 0.717) is 0 Å². The predicted molar refractivity (Wildman–Crippen MR) is 251 cm³/mol. The van der Waals surface area contributed by atoms with Gasteiger partial charge in [0.1, 0.15) is 28.2 Å². The van der Waals surface area contributed by atoms with Gasteiger partial charge in [-0.05, 0) is 66.1 Å². The Morgan fingerprint density at radius 1 is 0.525 bits per heavy atom. The molecule has 4 heterocycles. The summed E-state index contributed by atoms with van der Waals surface area (Å²) in [6.45, 7) is 1.85. The van der Waals surface area contributed by atoms with Gasteiger partial charge in [0.2, 0.25) is 11.0 Å². The highest BCUT2D eigenvalue weighted by Gasteiger charge is 2.23. The first kappa shape index (κ1) is 41.0. The lowest BCUT2D eigenvalue weighted by molar-refractivity contribution is -0.670. The van der Waals surface area contributed by atoms with Crippen LogP contribution < -0.4 is 28.4 Å². The molecule has 61 heavy (non-hydrogen) atoms. The van der Waals surface area contributed by atoms with Gasteiger partial charge < -0.3 is 19.3 Å². The third kappa shape index (κ3) is 9.19. The highest BCUT2D eigenvalue weighted by atomic mass is 16.5.